The number of esters is 2. The highest BCUT2D eigenvalue weighted by molar-refractivity contribution is 6.69. The molecule has 4 aliphatic carbocycles. The van der Waals surface area contributed by atoms with Gasteiger partial charge in [0.15, 0.2) is 8.32 Å². The van der Waals surface area contributed by atoms with Crippen molar-refractivity contribution < 1.29 is 23.5 Å². The zero-order valence-corrected chi connectivity index (χ0v) is 19.1. The Balaban J connectivity index is 1.68. The van der Waals surface area contributed by atoms with Gasteiger partial charge in [-0.1, -0.05) is 18.2 Å². The molecule has 4 bridgehead atoms. The van der Waals surface area contributed by atoms with Crippen LogP contribution in [-0.2, 0) is 23.5 Å². The van der Waals surface area contributed by atoms with E-state index in [1.54, 1.807) is 0 Å². The van der Waals surface area contributed by atoms with E-state index in [9.17, 15) is 9.59 Å². The molecule has 1 spiro atoms. The van der Waals surface area contributed by atoms with E-state index in [0.717, 1.165) is 19.3 Å². The van der Waals surface area contributed by atoms with Gasteiger partial charge in [0, 0.05) is 17.8 Å². The van der Waals surface area contributed by atoms with Crippen LogP contribution < -0.4 is 0 Å². The summed E-state index contributed by atoms with van der Waals surface area (Å²) in [6, 6.07) is 0. The van der Waals surface area contributed by atoms with Gasteiger partial charge in [-0.3, -0.25) is 9.59 Å². The minimum Gasteiger partial charge on any atom is -0.469 e. The van der Waals surface area contributed by atoms with Gasteiger partial charge in [0.1, 0.15) is 5.60 Å². The smallest absolute Gasteiger partial charge is 0.313 e. The minimum atomic E-state index is -1.76. The van der Waals surface area contributed by atoms with Crippen molar-refractivity contribution in [3.05, 3.63) is 24.3 Å². The van der Waals surface area contributed by atoms with Gasteiger partial charge in [0.2, 0.25) is 0 Å². The first-order valence-electron chi connectivity index (χ1n) is 10.8. The first-order chi connectivity index (χ1) is 13.5. The zero-order chi connectivity index (χ0) is 21.0. The second-order valence-electron chi connectivity index (χ2n) is 11.2. The molecule has 158 valence electrons. The van der Waals surface area contributed by atoms with Gasteiger partial charge in [-0.2, -0.15) is 0 Å². The molecule has 0 aromatic heterocycles. The van der Waals surface area contributed by atoms with Crippen molar-refractivity contribution in [2.24, 2.45) is 34.5 Å². The largest absolute Gasteiger partial charge is 0.469 e. The third-order valence-corrected chi connectivity index (χ3v) is 9.59. The lowest BCUT2D eigenvalue weighted by atomic mass is 9.62. The van der Waals surface area contributed by atoms with E-state index in [1.165, 1.54) is 12.7 Å². The van der Waals surface area contributed by atoms with Crippen molar-refractivity contribution in [3.8, 4) is 0 Å². The van der Waals surface area contributed by atoms with Crippen molar-refractivity contribution in [3.63, 3.8) is 0 Å². The molecule has 0 radical (unpaired) electrons. The molecule has 29 heavy (non-hydrogen) atoms. The summed E-state index contributed by atoms with van der Waals surface area (Å²) in [4.78, 5) is 26.3. The number of hydrogen-bond acceptors (Lipinski definition) is 5. The van der Waals surface area contributed by atoms with Gasteiger partial charge < -0.3 is 13.9 Å². The number of hydrogen-bond donors (Lipinski definition) is 0. The van der Waals surface area contributed by atoms with E-state index < -0.39 is 19.3 Å². The Morgan fingerprint density at radius 2 is 2.07 bits per heavy atom. The predicted molar refractivity (Wildman–Crippen MR) is 110 cm³/mol. The summed E-state index contributed by atoms with van der Waals surface area (Å²) in [6.45, 7) is 13.0. The van der Waals surface area contributed by atoms with Crippen molar-refractivity contribution >= 4 is 20.3 Å². The molecule has 1 heterocycles. The summed E-state index contributed by atoms with van der Waals surface area (Å²) < 4.78 is 18.2. The highest BCUT2D eigenvalue weighted by Crippen LogP contribution is 2.77. The van der Waals surface area contributed by atoms with Crippen LogP contribution in [0.5, 0.6) is 0 Å². The fourth-order valence-corrected chi connectivity index (χ4v) is 8.97. The molecule has 5 nitrogen and oxygen atoms in total. The molecule has 0 N–H and O–H groups in total. The normalized spacial score (nSPS) is 49.6. The van der Waals surface area contributed by atoms with Gasteiger partial charge in [0.05, 0.1) is 24.5 Å². The average molecular weight is 417 g/mol. The van der Waals surface area contributed by atoms with Crippen LogP contribution in [0.3, 0.4) is 0 Å². The molecule has 5 aliphatic rings. The molecule has 0 aromatic carbocycles. The molecule has 3 saturated carbocycles. The van der Waals surface area contributed by atoms with Crippen LogP contribution in [0.15, 0.2) is 24.3 Å². The molecule has 1 aliphatic heterocycles. The second-order valence-corrected chi connectivity index (χ2v) is 15.6. The molecule has 6 heteroatoms. The highest BCUT2D eigenvalue weighted by Gasteiger charge is 2.81. The van der Waals surface area contributed by atoms with Gasteiger partial charge in [-0.15, -0.1) is 0 Å². The van der Waals surface area contributed by atoms with Gasteiger partial charge in [-0.05, 0) is 63.7 Å². The van der Waals surface area contributed by atoms with Gasteiger partial charge in [0.25, 0.3) is 0 Å². The average Bonchev–Trinajstić information content (AvgIpc) is 3.08. The maximum Gasteiger partial charge on any atom is 0.313 e. The third-order valence-electron chi connectivity index (χ3n) is 8.58. The van der Waals surface area contributed by atoms with Gasteiger partial charge in [-0.25, -0.2) is 0 Å². The molecule has 5 rings (SSSR count). The van der Waals surface area contributed by atoms with Crippen LogP contribution >= 0.6 is 0 Å². The zero-order valence-electron chi connectivity index (χ0n) is 18.1. The Bertz CT molecular complexity index is 843. The lowest BCUT2D eigenvalue weighted by Crippen LogP contribution is -2.49. The second kappa shape index (κ2) is 5.64. The van der Waals surface area contributed by atoms with Crippen LogP contribution in [0.2, 0.25) is 19.6 Å². The van der Waals surface area contributed by atoms with Crippen molar-refractivity contribution in [1.82, 2.24) is 0 Å². The lowest BCUT2D eigenvalue weighted by Gasteiger charge is -2.46. The highest BCUT2D eigenvalue weighted by atomic mass is 28.4. The summed E-state index contributed by atoms with van der Waals surface area (Å²) in [7, 11) is -0.296. The van der Waals surface area contributed by atoms with Crippen molar-refractivity contribution in [1.29, 1.82) is 0 Å². The molecular weight excluding hydrogens is 384 g/mol. The monoisotopic (exact) mass is 416 g/mol. The lowest BCUT2D eigenvalue weighted by molar-refractivity contribution is -0.161. The molecule has 4 fully saturated rings. The standard InChI is InChI=1S/C23H32O5Si/c1-13-11-22-12-14(13)15(28-29(4,5)6)10-16(22)23-9-7-8-21(2,20(25)27-23)18(23)17(22)19(24)26-3/h7,9,14-18H,1,8,10-12H2,2-6H3/t14?,15-,16-,17-,18-,21?,22+,23+/m1/s1. The van der Waals surface area contributed by atoms with Crippen molar-refractivity contribution in [2.45, 2.75) is 64.0 Å². The Hall–Kier alpha value is -1.40. The van der Waals surface area contributed by atoms with Crippen LogP contribution in [-0.4, -0.2) is 39.1 Å². The number of carbonyl (C=O) groups excluding carboxylic acids is 2. The van der Waals surface area contributed by atoms with E-state index in [4.69, 9.17) is 13.9 Å². The quantitative estimate of drug-likeness (QED) is 0.397. The fraction of sp³-hybridized carbons (Fsp3) is 0.739. The minimum absolute atomic E-state index is 0.0586. The first-order valence-corrected chi connectivity index (χ1v) is 14.2. The number of methoxy groups -OCH3 is 1. The third kappa shape index (κ3) is 2.25. The van der Waals surface area contributed by atoms with E-state index in [1.807, 2.05) is 6.92 Å². The number of ether oxygens (including phenoxy) is 2. The van der Waals surface area contributed by atoms with E-state index in [-0.39, 0.29) is 47.1 Å². The summed E-state index contributed by atoms with van der Waals surface area (Å²) in [5, 5.41) is 0. The Morgan fingerprint density at radius 1 is 1.34 bits per heavy atom. The van der Waals surface area contributed by atoms with E-state index >= 15 is 0 Å². The Labute approximate surface area is 174 Å². The fourth-order valence-electron chi connectivity index (χ4n) is 7.81. The molecule has 8 atom stereocenters. The number of fused-ring (bicyclic) bond motifs is 1. The maximum atomic E-state index is 13.2. The summed E-state index contributed by atoms with van der Waals surface area (Å²) >= 11 is 0. The molecule has 0 amide bonds. The summed E-state index contributed by atoms with van der Waals surface area (Å²) in [5.74, 6) is -0.552. The first kappa shape index (κ1) is 19.6. The topological polar surface area (TPSA) is 61.8 Å². The Morgan fingerprint density at radius 3 is 2.72 bits per heavy atom. The van der Waals surface area contributed by atoms with Crippen LogP contribution in [0.4, 0.5) is 0 Å². The van der Waals surface area contributed by atoms with Crippen molar-refractivity contribution in [2.75, 3.05) is 7.11 Å². The van der Waals surface area contributed by atoms with Crippen LogP contribution in [0, 0.1) is 34.5 Å². The van der Waals surface area contributed by atoms with E-state index in [2.05, 4.69) is 38.4 Å². The SMILES string of the molecule is C=C1C[C@]23CC1[C@H](O[Si](C)(C)C)C[C@H]2[C@]12C=CCC(C)(C(=O)O1)[C@H]2[C@@H]3C(=O)OC. The summed E-state index contributed by atoms with van der Waals surface area (Å²) in [5.41, 5.74) is -0.459. The molecular formula is C23H32O5Si. The van der Waals surface area contributed by atoms with Crippen LogP contribution in [0.25, 0.3) is 0 Å². The number of rotatable bonds is 3. The molecule has 0 aromatic rings. The number of allylic oxidation sites excluding steroid dienone is 1. The molecule has 1 saturated heterocycles. The Kier molecular flexibility index (Phi) is 3.80. The number of carbonyl (C=O) groups is 2. The van der Waals surface area contributed by atoms with Gasteiger partial charge >= 0.3 is 11.9 Å². The predicted octanol–water partition coefficient (Wildman–Crippen LogP) is 3.86. The summed E-state index contributed by atoms with van der Waals surface area (Å²) in [6.07, 6.45) is 7.39. The maximum absolute atomic E-state index is 13.2. The van der Waals surface area contributed by atoms with Crippen LogP contribution in [0.1, 0.15) is 32.6 Å². The van der Waals surface area contributed by atoms with E-state index in [0.29, 0.717) is 6.42 Å². The molecule has 2 unspecified atom stereocenters.